The van der Waals surface area contributed by atoms with E-state index in [2.05, 4.69) is 39.5 Å². The predicted molar refractivity (Wildman–Crippen MR) is 54.3 cm³/mol. The molecular formula is C11H23N. The van der Waals surface area contributed by atoms with E-state index in [-0.39, 0.29) is 0 Å². The van der Waals surface area contributed by atoms with Gasteiger partial charge in [-0.2, -0.15) is 0 Å². The van der Waals surface area contributed by atoms with Crippen molar-refractivity contribution in [3.05, 3.63) is 0 Å². The molecule has 12 heavy (non-hydrogen) atoms. The molecule has 0 bridgehead atoms. The van der Waals surface area contributed by atoms with Gasteiger partial charge in [-0.1, -0.05) is 20.8 Å². The number of hydrogen-bond donors (Lipinski definition) is 0. The highest BCUT2D eigenvalue weighted by Gasteiger charge is 2.34. The zero-order valence-corrected chi connectivity index (χ0v) is 9.28. The van der Waals surface area contributed by atoms with Gasteiger partial charge in [-0.25, -0.2) is 0 Å². The molecule has 72 valence electrons. The first-order chi connectivity index (χ1) is 5.31. The van der Waals surface area contributed by atoms with Crippen LogP contribution in [0, 0.1) is 5.41 Å². The van der Waals surface area contributed by atoms with Gasteiger partial charge in [0.25, 0.3) is 0 Å². The average molecular weight is 169 g/mol. The summed E-state index contributed by atoms with van der Waals surface area (Å²) in [6.07, 6.45) is 2.69. The Hall–Kier alpha value is -0.0400. The number of nitrogens with zero attached hydrogens (tertiary/aromatic N) is 1. The summed E-state index contributed by atoms with van der Waals surface area (Å²) >= 11 is 0. The summed E-state index contributed by atoms with van der Waals surface area (Å²) in [5.74, 6) is 0. The van der Waals surface area contributed by atoms with Gasteiger partial charge in [-0.3, -0.25) is 4.90 Å². The van der Waals surface area contributed by atoms with Crippen molar-refractivity contribution in [2.75, 3.05) is 13.1 Å². The lowest BCUT2D eigenvalue weighted by Crippen LogP contribution is -2.53. The normalized spacial score (nSPS) is 20.8. The summed E-state index contributed by atoms with van der Waals surface area (Å²) in [4.78, 5) is 2.60. The Morgan fingerprint density at radius 2 is 1.50 bits per heavy atom. The van der Waals surface area contributed by atoms with Crippen molar-refractivity contribution in [2.24, 2.45) is 5.41 Å². The molecule has 0 aliphatic carbocycles. The van der Waals surface area contributed by atoms with Crippen molar-refractivity contribution in [1.29, 1.82) is 0 Å². The Balaban J connectivity index is 2.47. The monoisotopic (exact) mass is 169 g/mol. The van der Waals surface area contributed by atoms with Crippen LogP contribution in [-0.4, -0.2) is 23.5 Å². The molecule has 1 heterocycles. The molecule has 0 atom stereocenters. The van der Waals surface area contributed by atoms with E-state index in [4.69, 9.17) is 0 Å². The molecule has 0 spiro atoms. The summed E-state index contributed by atoms with van der Waals surface area (Å²) in [6.45, 7) is 14.3. The van der Waals surface area contributed by atoms with Gasteiger partial charge in [0.2, 0.25) is 0 Å². The third kappa shape index (κ3) is 2.48. The van der Waals surface area contributed by atoms with Gasteiger partial charge in [-0.15, -0.1) is 0 Å². The standard InChI is InChI=1S/C11H23N/c1-10(2,3)9-11(4,5)12-7-6-8-12/h6-9H2,1-5H3. The van der Waals surface area contributed by atoms with Crippen LogP contribution in [0.4, 0.5) is 0 Å². The third-order valence-corrected chi connectivity index (χ3v) is 2.68. The van der Waals surface area contributed by atoms with E-state index in [0.717, 1.165) is 0 Å². The fourth-order valence-electron chi connectivity index (χ4n) is 2.33. The van der Waals surface area contributed by atoms with Gasteiger partial charge in [0.05, 0.1) is 0 Å². The lowest BCUT2D eigenvalue weighted by molar-refractivity contribution is 0.0258. The SMILES string of the molecule is CC(C)(C)CC(C)(C)N1CCC1. The van der Waals surface area contributed by atoms with Crippen LogP contribution >= 0.6 is 0 Å². The molecular weight excluding hydrogens is 146 g/mol. The summed E-state index contributed by atoms with van der Waals surface area (Å²) < 4.78 is 0. The zero-order chi connectivity index (χ0) is 9.41. The maximum atomic E-state index is 2.60. The zero-order valence-electron chi connectivity index (χ0n) is 9.28. The van der Waals surface area contributed by atoms with Crippen molar-refractivity contribution in [3.63, 3.8) is 0 Å². The van der Waals surface area contributed by atoms with Crippen LogP contribution in [0.15, 0.2) is 0 Å². The molecule has 1 aliphatic heterocycles. The predicted octanol–water partition coefficient (Wildman–Crippen LogP) is 2.91. The molecule has 1 fully saturated rings. The van der Waals surface area contributed by atoms with E-state index in [1.165, 1.54) is 25.9 Å². The topological polar surface area (TPSA) is 3.24 Å². The molecule has 0 aromatic carbocycles. The van der Waals surface area contributed by atoms with E-state index >= 15 is 0 Å². The molecule has 1 heteroatoms. The Labute approximate surface area is 77.1 Å². The lowest BCUT2D eigenvalue weighted by Gasteiger charge is -2.47. The number of likely N-dealkylation sites (tertiary alicyclic amines) is 1. The first-order valence-corrected chi connectivity index (χ1v) is 5.06. The van der Waals surface area contributed by atoms with Crippen LogP contribution in [0.2, 0.25) is 0 Å². The van der Waals surface area contributed by atoms with Gasteiger partial charge in [-0.05, 0) is 45.2 Å². The molecule has 1 aliphatic rings. The van der Waals surface area contributed by atoms with E-state index in [9.17, 15) is 0 Å². The second kappa shape index (κ2) is 3.02. The summed E-state index contributed by atoms with van der Waals surface area (Å²) in [5, 5.41) is 0. The van der Waals surface area contributed by atoms with Crippen molar-refractivity contribution < 1.29 is 0 Å². The van der Waals surface area contributed by atoms with Crippen molar-refractivity contribution in [2.45, 2.75) is 53.0 Å². The van der Waals surface area contributed by atoms with Crippen LogP contribution in [0.5, 0.6) is 0 Å². The molecule has 0 radical (unpaired) electrons. The Morgan fingerprint density at radius 3 is 1.75 bits per heavy atom. The first-order valence-electron chi connectivity index (χ1n) is 5.06. The van der Waals surface area contributed by atoms with Crippen LogP contribution in [-0.2, 0) is 0 Å². The lowest BCUT2D eigenvalue weighted by atomic mass is 9.80. The molecule has 1 rings (SSSR count). The third-order valence-electron chi connectivity index (χ3n) is 2.68. The first kappa shape index (κ1) is 10.0. The average Bonchev–Trinajstić information content (AvgIpc) is 1.45. The van der Waals surface area contributed by atoms with Crippen molar-refractivity contribution >= 4 is 0 Å². The molecule has 0 saturated carbocycles. The van der Waals surface area contributed by atoms with E-state index in [1.807, 2.05) is 0 Å². The van der Waals surface area contributed by atoms with E-state index in [0.29, 0.717) is 11.0 Å². The maximum absolute atomic E-state index is 2.60. The summed E-state index contributed by atoms with van der Waals surface area (Å²) in [7, 11) is 0. The summed E-state index contributed by atoms with van der Waals surface area (Å²) in [6, 6.07) is 0. The summed E-state index contributed by atoms with van der Waals surface area (Å²) in [5.41, 5.74) is 0.871. The van der Waals surface area contributed by atoms with Crippen LogP contribution in [0.3, 0.4) is 0 Å². The Bertz CT molecular complexity index is 149. The minimum Gasteiger partial charge on any atom is -0.298 e. The molecule has 0 amide bonds. The highest BCUT2D eigenvalue weighted by molar-refractivity contribution is 4.89. The largest absolute Gasteiger partial charge is 0.298 e. The second-order valence-electron chi connectivity index (χ2n) is 5.89. The highest BCUT2D eigenvalue weighted by Crippen LogP contribution is 2.33. The Kier molecular flexibility index (Phi) is 2.53. The van der Waals surface area contributed by atoms with Crippen LogP contribution in [0.25, 0.3) is 0 Å². The number of rotatable bonds is 2. The van der Waals surface area contributed by atoms with Crippen LogP contribution < -0.4 is 0 Å². The van der Waals surface area contributed by atoms with Crippen molar-refractivity contribution in [3.8, 4) is 0 Å². The number of hydrogen-bond acceptors (Lipinski definition) is 1. The second-order valence-corrected chi connectivity index (χ2v) is 5.89. The van der Waals surface area contributed by atoms with Gasteiger partial charge in [0.15, 0.2) is 0 Å². The molecule has 0 N–H and O–H groups in total. The van der Waals surface area contributed by atoms with Gasteiger partial charge < -0.3 is 0 Å². The molecule has 1 nitrogen and oxygen atoms in total. The fourth-order valence-corrected chi connectivity index (χ4v) is 2.33. The molecule has 0 aromatic heterocycles. The minimum atomic E-state index is 0.413. The molecule has 0 unspecified atom stereocenters. The van der Waals surface area contributed by atoms with Gasteiger partial charge in [0.1, 0.15) is 0 Å². The molecule has 0 aromatic rings. The van der Waals surface area contributed by atoms with Crippen molar-refractivity contribution in [1.82, 2.24) is 4.90 Å². The van der Waals surface area contributed by atoms with Crippen LogP contribution in [0.1, 0.15) is 47.5 Å². The Morgan fingerprint density at radius 1 is 1.00 bits per heavy atom. The van der Waals surface area contributed by atoms with E-state index < -0.39 is 0 Å². The minimum absolute atomic E-state index is 0.413. The quantitative estimate of drug-likeness (QED) is 0.614. The van der Waals surface area contributed by atoms with Gasteiger partial charge >= 0.3 is 0 Å². The van der Waals surface area contributed by atoms with Gasteiger partial charge in [0, 0.05) is 5.54 Å². The van der Waals surface area contributed by atoms with E-state index in [1.54, 1.807) is 0 Å². The smallest absolute Gasteiger partial charge is 0.0158 e. The highest BCUT2D eigenvalue weighted by atomic mass is 15.2. The fraction of sp³-hybridized carbons (Fsp3) is 1.00. The molecule has 1 saturated heterocycles. The maximum Gasteiger partial charge on any atom is 0.0158 e.